The predicted octanol–water partition coefficient (Wildman–Crippen LogP) is 0.233. The monoisotopic (exact) mass is 240 g/mol. The van der Waals surface area contributed by atoms with Gasteiger partial charge in [0.1, 0.15) is 0 Å². The predicted molar refractivity (Wildman–Crippen MR) is 56.2 cm³/mol. The summed E-state index contributed by atoms with van der Waals surface area (Å²) in [5.74, 6) is 0.144. The Kier molecular flexibility index (Phi) is 2.96. The maximum absolute atomic E-state index is 8.50. The lowest BCUT2D eigenvalue weighted by Crippen LogP contribution is -2.16. The van der Waals surface area contributed by atoms with Gasteiger partial charge in [0, 0.05) is 5.38 Å². The second kappa shape index (κ2) is 4.57. The molecule has 4 N–H and O–H groups in total. The van der Waals surface area contributed by atoms with Crippen molar-refractivity contribution in [3.05, 3.63) is 22.3 Å². The summed E-state index contributed by atoms with van der Waals surface area (Å²) >= 11 is 1.49. The van der Waals surface area contributed by atoms with Crippen LogP contribution in [0, 0.1) is 0 Å². The van der Waals surface area contributed by atoms with E-state index in [4.69, 9.17) is 10.9 Å². The molecule has 0 atom stereocenters. The van der Waals surface area contributed by atoms with Crippen LogP contribution in [0.5, 0.6) is 0 Å². The second-order valence-electron chi connectivity index (χ2n) is 2.78. The average molecular weight is 240 g/mol. The molecule has 0 bridgehead atoms. The molecule has 8 nitrogen and oxygen atoms in total. The first-order valence-electron chi connectivity index (χ1n) is 4.22. The summed E-state index contributed by atoms with van der Waals surface area (Å²) in [5, 5.41) is 23.2. The standard InChI is InChI=1S/C7H8N6O2S/c8-6(11-14)5-7(13-15-12-5)9-1-4-2-16-3-10-4/h2-3,14H,1H2,(H2,8,11)(H,9,13). The van der Waals surface area contributed by atoms with Crippen molar-refractivity contribution in [2.75, 3.05) is 5.32 Å². The van der Waals surface area contributed by atoms with E-state index < -0.39 is 0 Å². The van der Waals surface area contributed by atoms with Gasteiger partial charge in [0.05, 0.1) is 17.7 Å². The fraction of sp³-hybridized carbons (Fsp3) is 0.143. The van der Waals surface area contributed by atoms with E-state index in [1.807, 2.05) is 5.38 Å². The summed E-state index contributed by atoms with van der Waals surface area (Å²) in [6.45, 7) is 0.462. The van der Waals surface area contributed by atoms with Crippen molar-refractivity contribution in [2.45, 2.75) is 6.54 Å². The fourth-order valence-corrected chi connectivity index (χ4v) is 1.58. The van der Waals surface area contributed by atoms with Crippen molar-refractivity contribution in [3.8, 4) is 0 Å². The van der Waals surface area contributed by atoms with Gasteiger partial charge in [0.2, 0.25) is 5.82 Å². The first-order valence-corrected chi connectivity index (χ1v) is 5.17. The summed E-state index contributed by atoms with van der Waals surface area (Å²) in [6, 6.07) is 0. The molecule has 0 aliphatic heterocycles. The number of anilines is 1. The SMILES string of the molecule is N/C(=N\O)c1nonc1NCc1cscn1. The number of aromatic nitrogens is 3. The smallest absolute Gasteiger partial charge is 0.202 e. The minimum atomic E-state index is -0.165. The van der Waals surface area contributed by atoms with Gasteiger partial charge in [-0.25, -0.2) is 9.61 Å². The van der Waals surface area contributed by atoms with E-state index >= 15 is 0 Å². The van der Waals surface area contributed by atoms with Crippen molar-refractivity contribution in [1.82, 2.24) is 15.3 Å². The van der Waals surface area contributed by atoms with Crippen molar-refractivity contribution in [3.63, 3.8) is 0 Å². The number of nitrogens with zero attached hydrogens (tertiary/aromatic N) is 4. The van der Waals surface area contributed by atoms with Crippen LogP contribution in [0.15, 0.2) is 20.7 Å². The Labute approximate surface area is 93.7 Å². The summed E-state index contributed by atoms with van der Waals surface area (Å²) in [7, 11) is 0. The normalized spacial score (nSPS) is 11.6. The maximum atomic E-state index is 8.50. The van der Waals surface area contributed by atoms with Gasteiger partial charge >= 0.3 is 0 Å². The molecule has 2 rings (SSSR count). The zero-order chi connectivity index (χ0) is 11.4. The lowest BCUT2D eigenvalue weighted by atomic mass is 10.4. The lowest BCUT2D eigenvalue weighted by Gasteiger charge is -1.99. The van der Waals surface area contributed by atoms with E-state index in [-0.39, 0.29) is 11.5 Å². The quantitative estimate of drug-likeness (QED) is 0.302. The van der Waals surface area contributed by atoms with Crippen molar-refractivity contribution >= 4 is 23.0 Å². The van der Waals surface area contributed by atoms with Gasteiger partial charge in [0.15, 0.2) is 11.5 Å². The van der Waals surface area contributed by atoms with Gasteiger partial charge in [-0.3, -0.25) is 0 Å². The number of hydrogen-bond donors (Lipinski definition) is 3. The highest BCUT2D eigenvalue weighted by atomic mass is 32.1. The van der Waals surface area contributed by atoms with Crippen LogP contribution in [-0.4, -0.2) is 26.3 Å². The molecule has 0 amide bonds. The van der Waals surface area contributed by atoms with Crippen LogP contribution in [0.3, 0.4) is 0 Å². The van der Waals surface area contributed by atoms with Gasteiger partial charge in [-0.1, -0.05) is 5.16 Å². The number of oxime groups is 1. The van der Waals surface area contributed by atoms with Gasteiger partial charge in [-0.2, -0.15) is 0 Å². The Morgan fingerprint density at radius 2 is 2.50 bits per heavy atom. The van der Waals surface area contributed by atoms with Crippen LogP contribution >= 0.6 is 11.3 Å². The molecule has 2 heterocycles. The number of hydrogen-bond acceptors (Lipinski definition) is 8. The molecular weight excluding hydrogens is 232 g/mol. The van der Waals surface area contributed by atoms with Crippen molar-refractivity contribution in [2.24, 2.45) is 10.9 Å². The minimum absolute atomic E-state index is 0.165. The molecule has 84 valence electrons. The van der Waals surface area contributed by atoms with Crippen LogP contribution in [0.25, 0.3) is 0 Å². The third-order valence-corrected chi connectivity index (χ3v) is 2.39. The van der Waals surface area contributed by atoms with E-state index in [0.717, 1.165) is 5.69 Å². The average Bonchev–Trinajstić information content (AvgIpc) is 2.96. The maximum Gasteiger partial charge on any atom is 0.202 e. The highest BCUT2D eigenvalue weighted by Gasteiger charge is 2.14. The second-order valence-corrected chi connectivity index (χ2v) is 3.50. The van der Waals surface area contributed by atoms with E-state index in [1.165, 1.54) is 11.3 Å². The van der Waals surface area contributed by atoms with Gasteiger partial charge < -0.3 is 16.3 Å². The number of rotatable bonds is 4. The lowest BCUT2D eigenvalue weighted by molar-refractivity contribution is 0.304. The third-order valence-electron chi connectivity index (χ3n) is 1.76. The number of nitrogens with two attached hydrogens (primary N) is 1. The van der Waals surface area contributed by atoms with Crippen LogP contribution in [0.4, 0.5) is 5.82 Å². The highest BCUT2D eigenvalue weighted by molar-refractivity contribution is 7.07. The first-order chi connectivity index (χ1) is 7.81. The molecule has 0 saturated carbocycles. The zero-order valence-electron chi connectivity index (χ0n) is 7.99. The first kappa shape index (κ1) is 10.4. The Morgan fingerprint density at radius 1 is 1.62 bits per heavy atom. The van der Waals surface area contributed by atoms with Gasteiger partial charge in [0.25, 0.3) is 0 Å². The number of amidine groups is 1. The largest absolute Gasteiger partial charge is 0.409 e. The third kappa shape index (κ3) is 2.08. The van der Waals surface area contributed by atoms with E-state index in [9.17, 15) is 0 Å². The minimum Gasteiger partial charge on any atom is -0.409 e. The molecule has 2 aromatic rings. The molecule has 16 heavy (non-hydrogen) atoms. The van der Waals surface area contributed by atoms with Gasteiger partial charge in [-0.15, -0.1) is 11.3 Å². The van der Waals surface area contributed by atoms with E-state index in [2.05, 4.69) is 30.4 Å². The summed E-state index contributed by atoms with van der Waals surface area (Å²) in [4.78, 5) is 4.08. The molecular formula is C7H8N6O2S. The molecule has 0 radical (unpaired) electrons. The Bertz CT molecular complexity index is 479. The van der Waals surface area contributed by atoms with Crippen molar-refractivity contribution < 1.29 is 9.84 Å². The molecule has 0 unspecified atom stereocenters. The summed E-state index contributed by atoms with van der Waals surface area (Å²) < 4.78 is 4.49. The van der Waals surface area contributed by atoms with Gasteiger partial charge in [-0.05, 0) is 10.3 Å². The summed E-state index contributed by atoms with van der Waals surface area (Å²) in [5.41, 5.74) is 8.12. The molecule has 0 aliphatic carbocycles. The molecule has 0 saturated heterocycles. The number of thiazole rings is 1. The molecule has 0 spiro atoms. The van der Waals surface area contributed by atoms with Crippen LogP contribution in [0.2, 0.25) is 0 Å². The topological polar surface area (TPSA) is 122 Å². The number of nitrogens with one attached hydrogen (secondary N) is 1. The van der Waals surface area contributed by atoms with Crippen LogP contribution in [-0.2, 0) is 6.54 Å². The Balaban J connectivity index is 2.07. The van der Waals surface area contributed by atoms with E-state index in [0.29, 0.717) is 12.4 Å². The fourth-order valence-electron chi connectivity index (χ4n) is 1.02. The molecule has 0 aromatic carbocycles. The summed E-state index contributed by atoms with van der Waals surface area (Å²) in [6.07, 6.45) is 0. The van der Waals surface area contributed by atoms with E-state index in [1.54, 1.807) is 5.51 Å². The Morgan fingerprint density at radius 3 is 3.19 bits per heavy atom. The highest BCUT2D eigenvalue weighted by Crippen LogP contribution is 2.11. The molecule has 2 aromatic heterocycles. The van der Waals surface area contributed by atoms with Crippen molar-refractivity contribution in [1.29, 1.82) is 0 Å². The van der Waals surface area contributed by atoms with Crippen LogP contribution in [0.1, 0.15) is 11.4 Å². The molecule has 9 heteroatoms. The van der Waals surface area contributed by atoms with Crippen LogP contribution < -0.4 is 11.1 Å². The molecule has 0 aliphatic rings. The Hall–Kier alpha value is -2.16. The molecule has 0 fully saturated rings. The zero-order valence-corrected chi connectivity index (χ0v) is 8.81.